The number of rotatable bonds is 6. The first-order valence-electron chi connectivity index (χ1n) is 9.65. The van der Waals surface area contributed by atoms with Gasteiger partial charge in [-0.05, 0) is 37.6 Å². The van der Waals surface area contributed by atoms with Gasteiger partial charge in [0.25, 0.3) is 5.91 Å². The molecule has 1 heterocycles. The van der Waals surface area contributed by atoms with Gasteiger partial charge < -0.3 is 14.8 Å². The van der Waals surface area contributed by atoms with E-state index in [2.05, 4.69) is 10.4 Å². The van der Waals surface area contributed by atoms with Crippen LogP contribution in [0.15, 0.2) is 42.5 Å². The molecule has 0 aliphatic rings. The molecule has 0 bridgehead atoms. The summed E-state index contributed by atoms with van der Waals surface area (Å²) < 4.78 is 11.0. The van der Waals surface area contributed by atoms with Gasteiger partial charge in [-0.25, -0.2) is 14.3 Å². The van der Waals surface area contributed by atoms with Crippen LogP contribution in [-0.4, -0.2) is 41.8 Å². The zero-order chi connectivity index (χ0) is 23.4. The molecule has 3 rings (SSSR count). The summed E-state index contributed by atoms with van der Waals surface area (Å²) in [7, 11) is 2.44. The quantitative estimate of drug-likeness (QED) is 0.563. The van der Waals surface area contributed by atoms with Crippen molar-refractivity contribution in [2.75, 3.05) is 19.5 Å². The van der Waals surface area contributed by atoms with Gasteiger partial charge in [-0.2, -0.15) is 5.10 Å². The average molecular weight is 456 g/mol. The predicted octanol–water partition coefficient (Wildman–Crippen LogP) is 4.03. The molecule has 0 spiro atoms. The van der Waals surface area contributed by atoms with Gasteiger partial charge in [-0.3, -0.25) is 4.79 Å². The van der Waals surface area contributed by atoms with Gasteiger partial charge in [0.15, 0.2) is 0 Å². The zero-order valence-electron chi connectivity index (χ0n) is 18.1. The fourth-order valence-corrected chi connectivity index (χ4v) is 3.47. The molecule has 8 nitrogen and oxygen atoms in total. The molecule has 1 amide bonds. The SMILES string of the molecule is COC(=O)c1cc(NC(=O)c2c(C)nn(Cc3ccc(C)cc3)c2Cl)cc(C(=O)OC)c1. The molecule has 1 aromatic heterocycles. The van der Waals surface area contributed by atoms with E-state index in [-0.39, 0.29) is 27.5 Å². The molecule has 0 aliphatic carbocycles. The Hall–Kier alpha value is -3.65. The average Bonchev–Trinajstić information content (AvgIpc) is 3.06. The van der Waals surface area contributed by atoms with Gasteiger partial charge >= 0.3 is 11.9 Å². The van der Waals surface area contributed by atoms with E-state index >= 15 is 0 Å². The minimum Gasteiger partial charge on any atom is -0.465 e. The number of hydrogen-bond acceptors (Lipinski definition) is 6. The van der Waals surface area contributed by atoms with Gasteiger partial charge in [-0.1, -0.05) is 41.4 Å². The van der Waals surface area contributed by atoms with Crippen molar-refractivity contribution in [3.05, 3.63) is 81.1 Å². The van der Waals surface area contributed by atoms with E-state index in [0.717, 1.165) is 11.1 Å². The van der Waals surface area contributed by atoms with E-state index in [1.165, 1.54) is 32.4 Å². The standard InChI is InChI=1S/C23H22ClN3O5/c1-13-5-7-15(8-6-13)12-27-20(24)19(14(2)26-27)21(28)25-18-10-16(22(29)31-3)9-17(11-18)23(30)32-4/h5-11H,12H2,1-4H3,(H,25,28). The summed E-state index contributed by atoms with van der Waals surface area (Å²) in [6.45, 7) is 4.08. The maximum Gasteiger partial charge on any atom is 0.337 e. The number of aromatic nitrogens is 2. The molecule has 0 saturated heterocycles. The molecule has 3 aromatic rings. The van der Waals surface area contributed by atoms with Crippen molar-refractivity contribution in [1.29, 1.82) is 0 Å². The zero-order valence-corrected chi connectivity index (χ0v) is 18.8. The number of anilines is 1. The topological polar surface area (TPSA) is 99.5 Å². The Balaban J connectivity index is 1.90. The van der Waals surface area contributed by atoms with Gasteiger partial charge in [0.05, 0.1) is 43.1 Å². The lowest BCUT2D eigenvalue weighted by molar-refractivity contribution is 0.0599. The molecule has 166 valence electrons. The second-order valence-corrected chi connectivity index (χ2v) is 7.49. The van der Waals surface area contributed by atoms with Crippen LogP contribution in [0.1, 0.15) is 47.9 Å². The maximum absolute atomic E-state index is 13.0. The lowest BCUT2D eigenvalue weighted by Crippen LogP contribution is -2.15. The van der Waals surface area contributed by atoms with Crippen LogP contribution in [-0.2, 0) is 16.0 Å². The number of methoxy groups -OCH3 is 2. The third-order valence-corrected chi connectivity index (χ3v) is 5.16. The van der Waals surface area contributed by atoms with Crippen molar-refractivity contribution < 1.29 is 23.9 Å². The van der Waals surface area contributed by atoms with E-state index in [1.807, 2.05) is 31.2 Å². The Kier molecular flexibility index (Phi) is 6.95. The highest BCUT2D eigenvalue weighted by Gasteiger charge is 2.22. The molecule has 0 atom stereocenters. The Morgan fingerprint density at radius 2 is 1.53 bits per heavy atom. The number of esters is 2. The number of nitrogens with one attached hydrogen (secondary N) is 1. The third-order valence-electron chi connectivity index (χ3n) is 4.78. The monoisotopic (exact) mass is 455 g/mol. The van der Waals surface area contributed by atoms with Crippen LogP contribution in [0.3, 0.4) is 0 Å². The van der Waals surface area contributed by atoms with Gasteiger partial charge in [0, 0.05) is 5.69 Å². The highest BCUT2D eigenvalue weighted by Crippen LogP contribution is 2.24. The minimum absolute atomic E-state index is 0.0867. The number of carbonyl (C=O) groups is 3. The Morgan fingerprint density at radius 3 is 2.06 bits per heavy atom. The van der Waals surface area contributed by atoms with Crippen LogP contribution in [0.25, 0.3) is 0 Å². The van der Waals surface area contributed by atoms with E-state index in [9.17, 15) is 14.4 Å². The van der Waals surface area contributed by atoms with Crippen LogP contribution in [0.2, 0.25) is 5.15 Å². The molecule has 0 saturated carbocycles. The first kappa shape index (κ1) is 23.0. The van der Waals surface area contributed by atoms with Crippen molar-refractivity contribution >= 4 is 35.1 Å². The lowest BCUT2D eigenvalue weighted by Gasteiger charge is -2.10. The fraction of sp³-hybridized carbons (Fsp3) is 0.217. The van der Waals surface area contributed by atoms with E-state index in [1.54, 1.807) is 11.6 Å². The molecular weight excluding hydrogens is 434 g/mol. The Morgan fingerprint density at radius 1 is 0.969 bits per heavy atom. The Bertz CT molecular complexity index is 1150. The number of amides is 1. The molecule has 9 heteroatoms. The van der Waals surface area contributed by atoms with Crippen molar-refractivity contribution in [2.45, 2.75) is 20.4 Å². The molecule has 32 heavy (non-hydrogen) atoms. The van der Waals surface area contributed by atoms with Gasteiger partial charge in [-0.15, -0.1) is 0 Å². The molecule has 0 fully saturated rings. The Labute approximate surface area is 190 Å². The molecule has 2 aromatic carbocycles. The van der Waals surface area contributed by atoms with Crippen LogP contribution in [0.4, 0.5) is 5.69 Å². The summed E-state index contributed by atoms with van der Waals surface area (Å²) in [4.78, 5) is 36.9. The number of benzene rings is 2. The van der Waals surface area contributed by atoms with Crippen LogP contribution in [0.5, 0.6) is 0 Å². The van der Waals surface area contributed by atoms with E-state index < -0.39 is 17.8 Å². The van der Waals surface area contributed by atoms with Crippen molar-refractivity contribution in [3.8, 4) is 0 Å². The van der Waals surface area contributed by atoms with Gasteiger partial charge in [0.1, 0.15) is 5.15 Å². The molecule has 1 N–H and O–H groups in total. The summed E-state index contributed by atoms with van der Waals surface area (Å²) in [5.74, 6) is -1.85. The summed E-state index contributed by atoms with van der Waals surface area (Å²) in [6, 6.07) is 12.0. The fourth-order valence-electron chi connectivity index (χ4n) is 3.15. The molecule has 0 aliphatic heterocycles. The maximum atomic E-state index is 13.0. The van der Waals surface area contributed by atoms with Crippen molar-refractivity contribution in [2.24, 2.45) is 0 Å². The summed E-state index contributed by atoms with van der Waals surface area (Å²) in [5, 5.41) is 7.23. The van der Waals surface area contributed by atoms with Crippen LogP contribution in [0, 0.1) is 13.8 Å². The third kappa shape index (κ3) is 4.97. The van der Waals surface area contributed by atoms with E-state index in [0.29, 0.717) is 12.2 Å². The summed E-state index contributed by atoms with van der Waals surface area (Å²) in [5.41, 5.74) is 3.14. The number of hydrogen-bond donors (Lipinski definition) is 1. The highest BCUT2D eigenvalue weighted by atomic mass is 35.5. The summed E-state index contributed by atoms with van der Waals surface area (Å²) in [6.07, 6.45) is 0. The first-order chi connectivity index (χ1) is 15.2. The second-order valence-electron chi connectivity index (χ2n) is 7.13. The number of halogens is 1. The van der Waals surface area contributed by atoms with Crippen molar-refractivity contribution in [1.82, 2.24) is 9.78 Å². The number of ether oxygens (including phenoxy) is 2. The molecule has 0 unspecified atom stereocenters. The van der Waals surface area contributed by atoms with Crippen molar-refractivity contribution in [3.63, 3.8) is 0 Å². The molecular formula is C23H22ClN3O5. The highest BCUT2D eigenvalue weighted by molar-refractivity contribution is 6.33. The largest absolute Gasteiger partial charge is 0.465 e. The molecule has 0 radical (unpaired) electrons. The second kappa shape index (κ2) is 9.65. The van der Waals surface area contributed by atoms with Crippen LogP contribution >= 0.6 is 11.6 Å². The number of nitrogens with zero attached hydrogens (tertiary/aromatic N) is 2. The minimum atomic E-state index is -0.661. The lowest BCUT2D eigenvalue weighted by atomic mass is 10.1. The normalized spacial score (nSPS) is 10.5. The summed E-state index contributed by atoms with van der Waals surface area (Å²) >= 11 is 6.47. The predicted molar refractivity (Wildman–Crippen MR) is 119 cm³/mol. The van der Waals surface area contributed by atoms with Crippen LogP contribution < -0.4 is 5.32 Å². The number of aryl methyl sites for hydroxylation is 2. The first-order valence-corrected chi connectivity index (χ1v) is 10.0. The number of carbonyl (C=O) groups excluding carboxylic acids is 3. The van der Waals surface area contributed by atoms with Gasteiger partial charge in [0.2, 0.25) is 0 Å². The van der Waals surface area contributed by atoms with E-state index in [4.69, 9.17) is 21.1 Å². The smallest absolute Gasteiger partial charge is 0.337 e.